The molecule has 18 heavy (non-hydrogen) atoms. The molecular weight excluding hydrogens is 224 g/mol. The molecule has 94 valence electrons. The van der Waals surface area contributed by atoms with Crippen molar-refractivity contribution in [1.29, 1.82) is 0 Å². The molecule has 4 heteroatoms. The van der Waals surface area contributed by atoms with Crippen molar-refractivity contribution in [1.82, 2.24) is 19.7 Å². The van der Waals surface area contributed by atoms with Crippen LogP contribution in [0.3, 0.4) is 0 Å². The zero-order valence-corrected chi connectivity index (χ0v) is 10.8. The van der Waals surface area contributed by atoms with Gasteiger partial charge in [0.15, 0.2) is 0 Å². The van der Waals surface area contributed by atoms with E-state index < -0.39 is 0 Å². The number of nitrogens with zero attached hydrogens (tertiary/aromatic N) is 2. The average Bonchev–Trinajstić information content (AvgIpc) is 2.92. The molecule has 2 heterocycles. The highest BCUT2D eigenvalue weighted by Crippen LogP contribution is 2.18. The van der Waals surface area contributed by atoms with Crippen molar-refractivity contribution in [3.8, 4) is 0 Å². The van der Waals surface area contributed by atoms with Gasteiger partial charge in [-0.15, -0.1) is 0 Å². The van der Waals surface area contributed by atoms with Gasteiger partial charge >= 0.3 is 0 Å². The molecule has 0 spiro atoms. The predicted octanol–water partition coefficient (Wildman–Crippen LogP) is 2.14. The minimum absolute atomic E-state index is 0.935. The highest BCUT2D eigenvalue weighted by Gasteiger charge is 2.08. The largest absolute Gasteiger partial charge is 0.327 e. The van der Waals surface area contributed by atoms with Crippen LogP contribution in [0.15, 0.2) is 24.4 Å². The molecule has 3 aromatic rings. The normalized spacial score (nSPS) is 11.7. The van der Waals surface area contributed by atoms with Gasteiger partial charge in [-0.2, -0.15) is 0 Å². The third-order valence-corrected chi connectivity index (χ3v) is 3.36. The van der Waals surface area contributed by atoms with Gasteiger partial charge in [-0.1, -0.05) is 13.0 Å². The van der Waals surface area contributed by atoms with Gasteiger partial charge in [0, 0.05) is 24.9 Å². The van der Waals surface area contributed by atoms with Crippen molar-refractivity contribution < 1.29 is 0 Å². The first-order valence-electron chi connectivity index (χ1n) is 6.45. The Kier molecular flexibility index (Phi) is 2.80. The molecule has 2 N–H and O–H groups in total. The van der Waals surface area contributed by atoms with Crippen LogP contribution < -0.4 is 5.32 Å². The molecule has 3 rings (SSSR count). The summed E-state index contributed by atoms with van der Waals surface area (Å²) in [5, 5.41) is 3.16. The maximum atomic E-state index is 4.64. The fourth-order valence-electron chi connectivity index (χ4n) is 2.30. The molecular formula is C14H18N4. The predicted molar refractivity (Wildman–Crippen MR) is 74.1 cm³/mol. The number of rotatable bonds is 4. The maximum absolute atomic E-state index is 4.64. The molecule has 0 bridgehead atoms. The lowest BCUT2D eigenvalue weighted by atomic mass is 10.1. The summed E-state index contributed by atoms with van der Waals surface area (Å²) in [5.41, 5.74) is 4.79. The van der Waals surface area contributed by atoms with Crippen LogP contribution in [0.1, 0.15) is 18.2 Å². The van der Waals surface area contributed by atoms with Gasteiger partial charge in [-0.25, -0.2) is 4.98 Å². The van der Waals surface area contributed by atoms with Gasteiger partial charge in [0.1, 0.15) is 0 Å². The van der Waals surface area contributed by atoms with Crippen LogP contribution >= 0.6 is 0 Å². The van der Waals surface area contributed by atoms with Crippen molar-refractivity contribution >= 4 is 16.8 Å². The number of hydrogen-bond donors (Lipinski definition) is 2. The van der Waals surface area contributed by atoms with E-state index in [-0.39, 0.29) is 0 Å². The Morgan fingerprint density at radius 3 is 3.06 bits per heavy atom. The molecule has 0 unspecified atom stereocenters. The number of fused-ring (bicyclic) bond motifs is 3. The lowest BCUT2D eigenvalue weighted by Gasteiger charge is -1.96. The highest BCUT2D eigenvalue weighted by molar-refractivity contribution is 5.80. The van der Waals surface area contributed by atoms with Crippen molar-refractivity contribution in [3.63, 3.8) is 0 Å². The van der Waals surface area contributed by atoms with Crippen LogP contribution in [0, 0.1) is 0 Å². The number of aromatic amines is 1. The highest BCUT2D eigenvalue weighted by atomic mass is 15.1. The summed E-state index contributed by atoms with van der Waals surface area (Å²) in [4.78, 5) is 8.01. The summed E-state index contributed by atoms with van der Waals surface area (Å²) in [5.74, 6) is 0.935. The number of nitrogens with one attached hydrogen (secondary N) is 2. The van der Waals surface area contributed by atoms with E-state index in [1.807, 2.05) is 7.05 Å². The van der Waals surface area contributed by atoms with Crippen molar-refractivity contribution in [2.45, 2.75) is 19.8 Å². The second kappa shape index (κ2) is 4.46. The topological polar surface area (TPSA) is 45.1 Å². The number of hydrogen-bond acceptors (Lipinski definition) is 2. The van der Waals surface area contributed by atoms with Gasteiger partial charge in [0.25, 0.3) is 0 Å². The number of H-pyrrole nitrogens is 1. The minimum Gasteiger partial charge on any atom is -0.327 e. The Balaban J connectivity index is 2.07. The van der Waals surface area contributed by atoms with E-state index in [1.54, 1.807) is 0 Å². The van der Waals surface area contributed by atoms with Crippen LogP contribution in [-0.2, 0) is 12.8 Å². The Hall–Kier alpha value is -1.81. The molecule has 0 radical (unpaired) electrons. The number of aromatic nitrogens is 3. The smallest absolute Gasteiger partial charge is 0.212 e. The van der Waals surface area contributed by atoms with E-state index in [0.717, 1.165) is 30.7 Å². The Bertz CT molecular complexity index is 678. The second-order valence-electron chi connectivity index (χ2n) is 4.61. The van der Waals surface area contributed by atoms with Crippen LogP contribution in [-0.4, -0.2) is 28.0 Å². The van der Waals surface area contributed by atoms with Gasteiger partial charge in [0.2, 0.25) is 5.78 Å². The van der Waals surface area contributed by atoms with E-state index in [4.69, 9.17) is 0 Å². The van der Waals surface area contributed by atoms with E-state index >= 15 is 0 Å². The Morgan fingerprint density at radius 2 is 2.28 bits per heavy atom. The van der Waals surface area contributed by atoms with Crippen molar-refractivity contribution in [2.24, 2.45) is 0 Å². The quantitative estimate of drug-likeness (QED) is 0.736. The number of likely N-dealkylation sites (N-methyl/N-ethyl adjacent to an activating group) is 1. The van der Waals surface area contributed by atoms with E-state index in [9.17, 15) is 0 Å². The first-order chi connectivity index (χ1) is 8.81. The summed E-state index contributed by atoms with van der Waals surface area (Å²) in [6, 6.07) is 6.50. The van der Waals surface area contributed by atoms with Crippen LogP contribution in [0.5, 0.6) is 0 Å². The molecule has 2 aromatic heterocycles. The summed E-state index contributed by atoms with van der Waals surface area (Å²) in [6.07, 6.45) is 4.19. The SMILES string of the molecule is CCc1ccc2c(c1)nc1[nH]c(CCNC)cn12. The standard InChI is InChI=1S/C14H18N4/c1-3-10-4-5-13-12(8-10)17-14-16-11(6-7-15-2)9-18(13)14/h4-5,8-9,15H,3,6-7H2,1-2H3,(H,16,17). The van der Waals surface area contributed by atoms with Crippen LogP contribution in [0.4, 0.5) is 0 Å². The Morgan fingerprint density at radius 1 is 1.39 bits per heavy atom. The minimum atomic E-state index is 0.935. The molecule has 0 saturated heterocycles. The molecule has 0 atom stereocenters. The average molecular weight is 242 g/mol. The van der Waals surface area contributed by atoms with Crippen molar-refractivity contribution in [2.75, 3.05) is 13.6 Å². The number of benzene rings is 1. The van der Waals surface area contributed by atoms with E-state index in [0.29, 0.717) is 0 Å². The zero-order chi connectivity index (χ0) is 12.5. The van der Waals surface area contributed by atoms with E-state index in [1.165, 1.54) is 16.8 Å². The molecule has 4 nitrogen and oxygen atoms in total. The van der Waals surface area contributed by atoms with Gasteiger partial charge in [-0.05, 0) is 31.2 Å². The zero-order valence-electron chi connectivity index (χ0n) is 10.8. The number of imidazole rings is 2. The van der Waals surface area contributed by atoms with Gasteiger partial charge in [-0.3, -0.25) is 4.40 Å². The molecule has 0 saturated carbocycles. The molecule has 1 aromatic carbocycles. The summed E-state index contributed by atoms with van der Waals surface area (Å²) in [7, 11) is 1.97. The first-order valence-corrected chi connectivity index (χ1v) is 6.45. The van der Waals surface area contributed by atoms with Crippen molar-refractivity contribution in [3.05, 3.63) is 35.7 Å². The molecule has 0 aliphatic carbocycles. The summed E-state index contributed by atoms with van der Waals surface area (Å²) >= 11 is 0. The molecule has 0 amide bonds. The molecule has 0 aliphatic rings. The van der Waals surface area contributed by atoms with Gasteiger partial charge < -0.3 is 10.3 Å². The fraction of sp³-hybridized carbons (Fsp3) is 0.357. The summed E-state index contributed by atoms with van der Waals surface area (Å²) in [6.45, 7) is 3.14. The Labute approximate surface area is 106 Å². The monoisotopic (exact) mass is 242 g/mol. The molecule has 0 fully saturated rings. The first kappa shape index (κ1) is 11.3. The third-order valence-electron chi connectivity index (χ3n) is 3.36. The lowest BCUT2D eigenvalue weighted by molar-refractivity contribution is 0.780. The number of aryl methyl sites for hydroxylation is 1. The van der Waals surface area contributed by atoms with E-state index in [2.05, 4.69) is 51.0 Å². The maximum Gasteiger partial charge on any atom is 0.212 e. The molecule has 0 aliphatic heterocycles. The summed E-state index contributed by atoms with van der Waals surface area (Å²) < 4.78 is 2.14. The van der Waals surface area contributed by atoms with Crippen LogP contribution in [0.2, 0.25) is 0 Å². The van der Waals surface area contributed by atoms with Gasteiger partial charge in [0.05, 0.1) is 11.0 Å². The lowest BCUT2D eigenvalue weighted by Crippen LogP contribution is -2.10. The second-order valence-corrected chi connectivity index (χ2v) is 4.61. The van der Waals surface area contributed by atoms with Crippen LogP contribution in [0.25, 0.3) is 16.8 Å². The third kappa shape index (κ3) is 1.78. The fourth-order valence-corrected chi connectivity index (χ4v) is 2.30.